The van der Waals surface area contributed by atoms with Crippen molar-refractivity contribution in [1.29, 1.82) is 0 Å². The molecule has 3 nitrogen and oxygen atoms in total. The van der Waals surface area contributed by atoms with Gasteiger partial charge in [-0.15, -0.1) is 0 Å². The van der Waals surface area contributed by atoms with Gasteiger partial charge in [-0.05, 0) is 75.2 Å². The molecule has 1 amide bonds. The van der Waals surface area contributed by atoms with Crippen LogP contribution in [0.3, 0.4) is 0 Å². The zero-order valence-corrected chi connectivity index (χ0v) is 12.7. The van der Waals surface area contributed by atoms with Crippen molar-refractivity contribution in [2.75, 3.05) is 13.1 Å². The van der Waals surface area contributed by atoms with Crippen molar-refractivity contribution in [1.82, 2.24) is 10.6 Å². The first-order valence-electron chi connectivity index (χ1n) is 8.72. The molecular formula is C17H28N2O. The van der Waals surface area contributed by atoms with Gasteiger partial charge in [0.2, 0.25) is 5.91 Å². The minimum Gasteiger partial charge on any atom is -0.352 e. The molecule has 5 fully saturated rings. The predicted molar refractivity (Wildman–Crippen MR) is 79.2 cm³/mol. The van der Waals surface area contributed by atoms with Gasteiger partial charge in [0.25, 0.3) is 0 Å². The van der Waals surface area contributed by atoms with Crippen LogP contribution in [0.5, 0.6) is 0 Å². The summed E-state index contributed by atoms with van der Waals surface area (Å²) in [5.74, 6) is 3.90. The fourth-order valence-electron chi connectivity index (χ4n) is 5.87. The molecule has 0 aromatic rings. The first-order chi connectivity index (χ1) is 9.70. The summed E-state index contributed by atoms with van der Waals surface area (Å²) in [5, 5.41) is 6.90. The van der Waals surface area contributed by atoms with E-state index in [2.05, 4.69) is 17.6 Å². The number of hydrogen-bond donors (Lipinski definition) is 2. The largest absolute Gasteiger partial charge is 0.352 e. The summed E-state index contributed by atoms with van der Waals surface area (Å²) in [7, 11) is 0. The maximum Gasteiger partial charge on any atom is 0.227 e. The van der Waals surface area contributed by atoms with E-state index in [-0.39, 0.29) is 5.41 Å². The lowest BCUT2D eigenvalue weighted by Crippen LogP contribution is -2.58. The first-order valence-corrected chi connectivity index (χ1v) is 8.72. The molecule has 1 unspecified atom stereocenters. The number of nitrogens with one attached hydrogen (secondary N) is 2. The molecular weight excluding hydrogens is 248 g/mol. The van der Waals surface area contributed by atoms with Crippen molar-refractivity contribution in [3.8, 4) is 0 Å². The molecule has 4 saturated carbocycles. The number of carbonyl (C=O) groups excluding carboxylic acids is 1. The van der Waals surface area contributed by atoms with E-state index in [9.17, 15) is 4.79 Å². The third kappa shape index (κ3) is 1.93. The average Bonchev–Trinajstić information content (AvgIpc) is 2.92. The van der Waals surface area contributed by atoms with E-state index in [0.717, 1.165) is 49.6 Å². The quantitative estimate of drug-likeness (QED) is 0.830. The van der Waals surface area contributed by atoms with E-state index in [1.54, 1.807) is 0 Å². The second-order valence-electron chi connectivity index (χ2n) is 7.99. The van der Waals surface area contributed by atoms with E-state index in [1.807, 2.05) is 0 Å². The van der Waals surface area contributed by atoms with Crippen molar-refractivity contribution >= 4 is 5.91 Å². The van der Waals surface area contributed by atoms with E-state index in [1.165, 1.54) is 32.1 Å². The Hall–Kier alpha value is -0.570. The Morgan fingerprint density at radius 1 is 1.15 bits per heavy atom. The molecule has 4 bridgehead atoms. The molecule has 1 aliphatic heterocycles. The number of carbonyl (C=O) groups is 1. The molecule has 20 heavy (non-hydrogen) atoms. The van der Waals surface area contributed by atoms with E-state index >= 15 is 0 Å². The molecule has 3 heteroatoms. The van der Waals surface area contributed by atoms with Crippen LogP contribution in [0.4, 0.5) is 0 Å². The van der Waals surface area contributed by atoms with Crippen molar-refractivity contribution in [2.45, 2.75) is 57.9 Å². The minimum atomic E-state index is -0.116. The van der Waals surface area contributed by atoms with Crippen molar-refractivity contribution in [3.05, 3.63) is 0 Å². The molecule has 1 heterocycles. The average molecular weight is 276 g/mol. The van der Waals surface area contributed by atoms with E-state index < -0.39 is 0 Å². The van der Waals surface area contributed by atoms with E-state index in [0.29, 0.717) is 11.9 Å². The lowest BCUT2D eigenvalue weighted by Gasteiger charge is -2.54. The summed E-state index contributed by atoms with van der Waals surface area (Å²) in [6.45, 7) is 4.05. The lowest BCUT2D eigenvalue weighted by molar-refractivity contribution is -0.134. The monoisotopic (exact) mass is 276 g/mol. The SMILES string of the molecule is CCC1(C(=O)NC2C3CC4CC(C3)CC2C4)CCNC1. The fourth-order valence-corrected chi connectivity index (χ4v) is 5.87. The van der Waals surface area contributed by atoms with Gasteiger partial charge < -0.3 is 10.6 Å². The summed E-state index contributed by atoms with van der Waals surface area (Å²) >= 11 is 0. The summed E-state index contributed by atoms with van der Waals surface area (Å²) < 4.78 is 0. The number of hydrogen-bond acceptors (Lipinski definition) is 2. The highest BCUT2D eigenvalue weighted by atomic mass is 16.2. The zero-order chi connectivity index (χ0) is 13.7. The van der Waals surface area contributed by atoms with Gasteiger partial charge in [0, 0.05) is 12.6 Å². The smallest absolute Gasteiger partial charge is 0.227 e. The van der Waals surface area contributed by atoms with Gasteiger partial charge in [0.15, 0.2) is 0 Å². The zero-order valence-electron chi connectivity index (χ0n) is 12.7. The molecule has 1 saturated heterocycles. The Morgan fingerprint density at radius 3 is 2.30 bits per heavy atom. The maximum atomic E-state index is 12.8. The van der Waals surface area contributed by atoms with Gasteiger partial charge in [0.1, 0.15) is 0 Å². The van der Waals surface area contributed by atoms with Crippen LogP contribution in [0.15, 0.2) is 0 Å². The molecule has 5 aliphatic rings. The van der Waals surface area contributed by atoms with Gasteiger partial charge in [-0.3, -0.25) is 4.79 Å². The van der Waals surface area contributed by atoms with Crippen LogP contribution in [-0.2, 0) is 4.79 Å². The molecule has 4 aliphatic carbocycles. The van der Waals surface area contributed by atoms with Gasteiger partial charge in [-0.2, -0.15) is 0 Å². The fraction of sp³-hybridized carbons (Fsp3) is 0.941. The Balaban J connectivity index is 1.47. The highest BCUT2D eigenvalue weighted by Gasteiger charge is 2.50. The van der Waals surface area contributed by atoms with Gasteiger partial charge in [-0.25, -0.2) is 0 Å². The van der Waals surface area contributed by atoms with Crippen LogP contribution in [0.1, 0.15) is 51.9 Å². The summed E-state index contributed by atoms with van der Waals surface area (Å²) in [6, 6.07) is 0.499. The summed E-state index contributed by atoms with van der Waals surface area (Å²) in [6.07, 6.45) is 9.01. The molecule has 112 valence electrons. The predicted octanol–water partition coefficient (Wildman–Crippen LogP) is 2.32. The first kappa shape index (κ1) is 13.1. The second-order valence-corrected chi connectivity index (χ2v) is 7.99. The maximum absolute atomic E-state index is 12.8. The van der Waals surface area contributed by atoms with Crippen molar-refractivity contribution in [3.63, 3.8) is 0 Å². The normalized spacial score (nSPS) is 49.5. The standard InChI is InChI=1S/C17H28N2O/c1-2-17(3-4-18-10-17)16(20)19-15-13-6-11-5-12(8-13)9-14(15)7-11/h11-15,18H,2-10H2,1H3,(H,19,20). The van der Waals surface area contributed by atoms with Gasteiger partial charge >= 0.3 is 0 Å². The highest BCUT2D eigenvalue weighted by molar-refractivity contribution is 5.83. The van der Waals surface area contributed by atoms with Gasteiger partial charge in [-0.1, -0.05) is 6.92 Å². The Labute approximate surface area is 122 Å². The topological polar surface area (TPSA) is 41.1 Å². The van der Waals surface area contributed by atoms with Crippen molar-refractivity contribution < 1.29 is 4.79 Å². The summed E-state index contributed by atoms with van der Waals surface area (Å²) in [4.78, 5) is 12.8. The molecule has 5 rings (SSSR count). The minimum absolute atomic E-state index is 0.116. The molecule has 0 aromatic heterocycles. The van der Waals surface area contributed by atoms with E-state index in [4.69, 9.17) is 0 Å². The Bertz CT molecular complexity index is 372. The molecule has 2 N–H and O–H groups in total. The van der Waals surface area contributed by atoms with Crippen LogP contribution in [0.25, 0.3) is 0 Å². The molecule has 0 spiro atoms. The van der Waals surface area contributed by atoms with Crippen LogP contribution >= 0.6 is 0 Å². The molecule has 1 atom stereocenters. The van der Waals surface area contributed by atoms with Crippen molar-refractivity contribution in [2.24, 2.45) is 29.1 Å². The Morgan fingerprint density at radius 2 is 1.80 bits per heavy atom. The van der Waals surface area contributed by atoms with Crippen LogP contribution < -0.4 is 10.6 Å². The van der Waals surface area contributed by atoms with Crippen LogP contribution in [-0.4, -0.2) is 25.0 Å². The van der Waals surface area contributed by atoms with Gasteiger partial charge in [0.05, 0.1) is 5.41 Å². The number of amides is 1. The third-order valence-electron chi connectivity index (χ3n) is 6.93. The highest BCUT2D eigenvalue weighted by Crippen LogP contribution is 2.53. The molecule has 0 radical (unpaired) electrons. The summed E-state index contributed by atoms with van der Waals surface area (Å²) in [5.41, 5.74) is -0.116. The molecule has 0 aromatic carbocycles. The Kier molecular flexibility index (Phi) is 3.10. The number of rotatable bonds is 3. The lowest BCUT2D eigenvalue weighted by atomic mass is 9.54. The van der Waals surface area contributed by atoms with Crippen LogP contribution in [0.2, 0.25) is 0 Å². The van der Waals surface area contributed by atoms with Crippen LogP contribution in [0, 0.1) is 29.1 Å². The second kappa shape index (κ2) is 4.72. The third-order valence-corrected chi connectivity index (χ3v) is 6.93.